The topological polar surface area (TPSA) is 53.0 Å². The van der Waals surface area contributed by atoms with E-state index in [-0.39, 0.29) is 29.8 Å². The van der Waals surface area contributed by atoms with E-state index in [0.29, 0.717) is 24.0 Å². The molecule has 4 aliphatic rings. The highest BCUT2D eigenvalue weighted by molar-refractivity contribution is 7.80. The lowest BCUT2D eigenvalue weighted by atomic mass is 9.74. The fraction of sp³-hybridized carbons (Fsp3) is 0.579. The van der Waals surface area contributed by atoms with Gasteiger partial charge in [-0.05, 0) is 42.3 Å². The van der Waals surface area contributed by atoms with Gasteiger partial charge >= 0.3 is 5.97 Å². The number of carbonyl (C=O) groups excluding carboxylic acids is 1. The van der Waals surface area contributed by atoms with Crippen molar-refractivity contribution in [1.82, 2.24) is 9.80 Å². The lowest BCUT2D eigenvalue weighted by Gasteiger charge is -2.49. The maximum Gasteiger partial charge on any atom is 0.311 e. The van der Waals surface area contributed by atoms with Gasteiger partial charge in [-0.1, -0.05) is 26.0 Å². The Morgan fingerprint density at radius 2 is 1.96 bits per heavy atom. The Balaban J connectivity index is 1.68. The standard InChI is InChI=1S/C19H23FN2O3S/c1-10(2)8-21-15-13-7-14(23)17(25-18(13)24)16(15)22(19(21)26)9-11-3-5-12(20)6-4-11/h3-6,10,13-17,23H,7-9H2,1-2H3/t13-,14+,15+,16+,17-/m0/s1. The quantitative estimate of drug-likeness (QED) is 0.638. The van der Waals surface area contributed by atoms with Crippen molar-refractivity contribution in [2.75, 3.05) is 6.54 Å². The second kappa shape index (κ2) is 6.46. The fourth-order valence-corrected chi connectivity index (χ4v) is 4.92. The van der Waals surface area contributed by atoms with Gasteiger partial charge in [0.05, 0.1) is 24.1 Å². The summed E-state index contributed by atoms with van der Waals surface area (Å²) in [5.74, 6) is -0.490. The van der Waals surface area contributed by atoms with Gasteiger partial charge in [-0.2, -0.15) is 0 Å². The smallest absolute Gasteiger partial charge is 0.311 e. The number of rotatable bonds is 4. The molecule has 5 atom stereocenters. The number of hydrogen-bond donors (Lipinski definition) is 1. The SMILES string of the molecule is CC(C)CN1C(=S)N(Cc2ccc(F)cc2)[C@H]2[C@H]3OC(=O)[C@@H](C[C@H]3O)[C@H]21. The highest BCUT2D eigenvalue weighted by Crippen LogP contribution is 2.44. The van der Waals surface area contributed by atoms with Crippen LogP contribution in [0, 0.1) is 17.7 Å². The van der Waals surface area contributed by atoms with Crippen molar-refractivity contribution < 1.29 is 19.0 Å². The number of hydrogen-bond acceptors (Lipinski definition) is 4. The second-order valence-electron chi connectivity index (χ2n) is 7.88. The lowest BCUT2D eigenvalue weighted by Crippen LogP contribution is -2.66. The summed E-state index contributed by atoms with van der Waals surface area (Å²) in [5, 5.41) is 11.1. The zero-order valence-corrected chi connectivity index (χ0v) is 15.7. The van der Waals surface area contributed by atoms with E-state index in [1.54, 1.807) is 12.1 Å². The van der Waals surface area contributed by atoms with E-state index in [4.69, 9.17) is 17.0 Å². The van der Waals surface area contributed by atoms with Gasteiger partial charge in [0.2, 0.25) is 0 Å². The molecule has 5 rings (SSSR count). The van der Waals surface area contributed by atoms with Crippen molar-refractivity contribution in [1.29, 1.82) is 0 Å². The second-order valence-corrected chi connectivity index (χ2v) is 8.24. The zero-order chi connectivity index (χ0) is 18.6. The van der Waals surface area contributed by atoms with Crippen LogP contribution >= 0.6 is 12.2 Å². The Hall–Kier alpha value is -1.73. The Kier molecular flexibility index (Phi) is 4.39. The molecule has 1 aromatic rings. The molecular weight excluding hydrogens is 355 g/mol. The first-order chi connectivity index (χ1) is 12.4. The maximum atomic E-state index is 13.2. The minimum atomic E-state index is -0.670. The molecule has 5 nitrogen and oxygen atoms in total. The molecule has 1 aromatic carbocycles. The summed E-state index contributed by atoms with van der Waals surface area (Å²) in [7, 11) is 0. The van der Waals surface area contributed by atoms with Crippen molar-refractivity contribution >= 4 is 23.3 Å². The van der Waals surface area contributed by atoms with Crippen molar-refractivity contribution in [3.63, 3.8) is 0 Å². The Bertz CT molecular complexity index is 726. The van der Waals surface area contributed by atoms with Crippen LogP contribution in [0.25, 0.3) is 0 Å². The monoisotopic (exact) mass is 378 g/mol. The maximum absolute atomic E-state index is 13.2. The molecule has 2 bridgehead atoms. The van der Waals surface area contributed by atoms with Crippen LogP contribution in [0.1, 0.15) is 25.8 Å². The van der Waals surface area contributed by atoms with Crippen LogP contribution in [0.4, 0.5) is 4.39 Å². The van der Waals surface area contributed by atoms with E-state index in [1.807, 2.05) is 4.90 Å². The van der Waals surface area contributed by atoms with Gasteiger partial charge in [-0.25, -0.2) is 4.39 Å². The number of aliphatic hydroxyl groups excluding tert-OH is 1. The molecule has 1 N–H and O–H groups in total. The molecule has 1 aliphatic carbocycles. The van der Waals surface area contributed by atoms with Crippen LogP contribution in [-0.2, 0) is 16.1 Å². The van der Waals surface area contributed by atoms with Gasteiger partial charge in [0.15, 0.2) is 5.11 Å². The van der Waals surface area contributed by atoms with E-state index in [1.165, 1.54) is 12.1 Å². The molecule has 140 valence electrons. The molecule has 3 saturated heterocycles. The molecule has 0 aromatic heterocycles. The molecule has 0 amide bonds. The first kappa shape index (κ1) is 17.7. The van der Waals surface area contributed by atoms with Crippen LogP contribution in [0.5, 0.6) is 0 Å². The number of benzene rings is 1. The van der Waals surface area contributed by atoms with E-state index in [9.17, 15) is 14.3 Å². The van der Waals surface area contributed by atoms with Gasteiger partial charge in [0.25, 0.3) is 0 Å². The number of thiocarbonyl (C=S) groups is 1. The van der Waals surface area contributed by atoms with Crippen molar-refractivity contribution in [2.24, 2.45) is 11.8 Å². The Labute approximate surface area is 157 Å². The van der Waals surface area contributed by atoms with Gasteiger partial charge < -0.3 is 19.6 Å². The van der Waals surface area contributed by atoms with Crippen LogP contribution in [0.3, 0.4) is 0 Å². The van der Waals surface area contributed by atoms with Crippen LogP contribution < -0.4 is 0 Å². The first-order valence-corrected chi connectivity index (χ1v) is 9.48. The molecule has 7 heteroatoms. The van der Waals surface area contributed by atoms with Gasteiger partial charge in [0, 0.05) is 13.1 Å². The minimum absolute atomic E-state index is 0.0694. The molecule has 0 spiro atoms. The molecule has 3 aliphatic heterocycles. The van der Waals surface area contributed by atoms with Crippen molar-refractivity contribution in [3.8, 4) is 0 Å². The van der Waals surface area contributed by atoms with Gasteiger partial charge in [0.1, 0.15) is 11.9 Å². The third-order valence-corrected chi connectivity index (χ3v) is 6.04. The van der Waals surface area contributed by atoms with E-state index in [2.05, 4.69) is 18.7 Å². The summed E-state index contributed by atoms with van der Waals surface area (Å²) in [6.45, 7) is 5.50. The Morgan fingerprint density at radius 1 is 1.27 bits per heavy atom. The summed E-state index contributed by atoms with van der Waals surface area (Å²) < 4.78 is 18.8. The summed E-state index contributed by atoms with van der Waals surface area (Å²) in [6.07, 6.45) is -0.823. The first-order valence-electron chi connectivity index (χ1n) is 9.07. The molecule has 3 heterocycles. The van der Waals surface area contributed by atoms with E-state index >= 15 is 0 Å². The van der Waals surface area contributed by atoms with E-state index < -0.39 is 12.2 Å². The van der Waals surface area contributed by atoms with Crippen molar-refractivity contribution in [3.05, 3.63) is 35.6 Å². The third-order valence-electron chi connectivity index (χ3n) is 5.57. The molecular formula is C19H23FN2O3S. The predicted octanol–water partition coefficient (Wildman–Crippen LogP) is 1.93. The number of carbonyl (C=O) groups is 1. The minimum Gasteiger partial charge on any atom is -0.457 e. The normalized spacial score (nSPS) is 33.0. The highest BCUT2D eigenvalue weighted by atomic mass is 32.1. The number of esters is 1. The predicted molar refractivity (Wildman–Crippen MR) is 97.7 cm³/mol. The largest absolute Gasteiger partial charge is 0.457 e. The number of fused-ring (bicyclic) bond motifs is 2. The van der Waals surface area contributed by atoms with Crippen LogP contribution in [-0.4, -0.2) is 56.8 Å². The average Bonchev–Trinajstić information content (AvgIpc) is 2.85. The fourth-order valence-electron chi connectivity index (χ4n) is 4.54. The third kappa shape index (κ3) is 2.77. The molecule has 1 saturated carbocycles. The highest BCUT2D eigenvalue weighted by Gasteiger charge is 2.62. The average molecular weight is 378 g/mol. The number of nitrogens with zero attached hydrogens (tertiary/aromatic N) is 2. The summed E-state index contributed by atoms with van der Waals surface area (Å²) >= 11 is 5.76. The number of halogens is 1. The lowest BCUT2D eigenvalue weighted by molar-refractivity contribution is -0.199. The summed E-state index contributed by atoms with van der Waals surface area (Å²) in [5.41, 5.74) is 0.932. The Morgan fingerprint density at radius 3 is 2.62 bits per heavy atom. The zero-order valence-electron chi connectivity index (χ0n) is 14.8. The van der Waals surface area contributed by atoms with Crippen LogP contribution in [0.2, 0.25) is 0 Å². The van der Waals surface area contributed by atoms with Gasteiger partial charge in [-0.3, -0.25) is 4.79 Å². The van der Waals surface area contributed by atoms with E-state index in [0.717, 1.165) is 12.1 Å². The molecule has 0 unspecified atom stereocenters. The molecule has 0 radical (unpaired) electrons. The number of aliphatic hydroxyl groups is 1. The van der Waals surface area contributed by atoms with Crippen LogP contribution in [0.15, 0.2) is 24.3 Å². The van der Waals surface area contributed by atoms with Crippen molar-refractivity contribution in [2.45, 2.75) is 51.1 Å². The summed E-state index contributed by atoms with van der Waals surface area (Å²) in [4.78, 5) is 16.5. The summed E-state index contributed by atoms with van der Waals surface area (Å²) in [6, 6.07) is 6.10. The number of ether oxygens (including phenoxy) is 1. The van der Waals surface area contributed by atoms with Gasteiger partial charge in [-0.15, -0.1) is 0 Å². The molecule has 26 heavy (non-hydrogen) atoms. The molecule has 4 fully saturated rings.